The minimum atomic E-state index is -0.312. The molecule has 4 heteroatoms. The van der Waals surface area contributed by atoms with Crippen molar-refractivity contribution in [2.24, 2.45) is 0 Å². The van der Waals surface area contributed by atoms with Crippen LogP contribution in [0.15, 0.2) is 11.4 Å². The number of hydrogen-bond acceptors (Lipinski definition) is 4. The maximum absolute atomic E-state index is 10.4. The van der Waals surface area contributed by atoms with Gasteiger partial charge in [0.05, 0.1) is 12.1 Å². The molecule has 2 atom stereocenters. The molecule has 3 aliphatic rings. The molecule has 4 rings (SSSR count). The van der Waals surface area contributed by atoms with Crippen LogP contribution in [-0.4, -0.2) is 53.7 Å². The summed E-state index contributed by atoms with van der Waals surface area (Å²) in [4.78, 5) is 6.19. The van der Waals surface area contributed by atoms with Crippen molar-refractivity contribution in [1.82, 2.24) is 9.80 Å². The van der Waals surface area contributed by atoms with Gasteiger partial charge in [-0.1, -0.05) is 0 Å². The molecule has 3 fully saturated rings. The Morgan fingerprint density at radius 3 is 2.62 bits per heavy atom. The van der Waals surface area contributed by atoms with E-state index in [1.165, 1.54) is 18.0 Å². The van der Waals surface area contributed by atoms with Crippen LogP contribution in [0, 0.1) is 6.92 Å². The van der Waals surface area contributed by atoms with Crippen LogP contribution in [0.2, 0.25) is 0 Å². The summed E-state index contributed by atoms with van der Waals surface area (Å²) < 4.78 is 0. The third kappa shape index (κ3) is 1.80. The van der Waals surface area contributed by atoms with Gasteiger partial charge in [-0.15, -0.1) is 11.3 Å². The molecule has 3 saturated heterocycles. The number of aryl methyl sites for hydroxylation is 1. The Labute approximate surface area is 100 Å². The number of hydrogen-bond donors (Lipinski definition) is 1. The summed E-state index contributed by atoms with van der Waals surface area (Å²) in [5, 5.41) is 12.5. The first-order chi connectivity index (χ1) is 7.74. The van der Waals surface area contributed by atoms with Crippen molar-refractivity contribution in [3.05, 3.63) is 21.9 Å². The second-order valence-electron chi connectivity index (χ2n) is 4.84. The zero-order chi connectivity index (χ0) is 11.1. The van der Waals surface area contributed by atoms with Gasteiger partial charge in [-0.25, -0.2) is 0 Å². The minimum Gasteiger partial charge on any atom is -0.387 e. The van der Waals surface area contributed by atoms with E-state index < -0.39 is 0 Å². The molecule has 1 aromatic rings. The molecule has 3 nitrogen and oxygen atoms in total. The third-order valence-corrected chi connectivity index (χ3v) is 4.66. The van der Waals surface area contributed by atoms with Crippen LogP contribution in [0.1, 0.15) is 16.5 Å². The Kier molecular flexibility index (Phi) is 2.75. The monoisotopic (exact) mass is 238 g/mol. The van der Waals surface area contributed by atoms with Crippen LogP contribution in [0.4, 0.5) is 0 Å². The van der Waals surface area contributed by atoms with Crippen molar-refractivity contribution in [3.63, 3.8) is 0 Å². The molecule has 88 valence electrons. The topological polar surface area (TPSA) is 26.7 Å². The van der Waals surface area contributed by atoms with Gasteiger partial charge < -0.3 is 5.11 Å². The molecular weight excluding hydrogens is 220 g/mol. The molecule has 3 aliphatic heterocycles. The van der Waals surface area contributed by atoms with Crippen LogP contribution in [0.3, 0.4) is 0 Å². The van der Waals surface area contributed by atoms with Crippen LogP contribution < -0.4 is 0 Å². The van der Waals surface area contributed by atoms with Crippen molar-refractivity contribution in [1.29, 1.82) is 0 Å². The molecule has 0 spiro atoms. The first kappa shape index (κ1) is 10.7. The number of thiophene rings is 1. The fraction of sp³-hybridized carbons (Fsp3) is 0.667. The van der Waals surface area contributed by atoms with Crippen molar-refractivity contribution in [2.75, 3.05) is 32.7 Å². The molecule has 0 aliphatic carbocycles. The van der Waals surface area contributed by atoms with Gasteiger partial charge in [0.2, 0.25) is 0 Å². The van der Waals surface area contributed by atoms with Crippen molar-refractivity contribution in [3.8, 4) is 0 Å². The van der Waals surface area contributed by atoms with Gasteiger partial charge in [0, 0.05) is 37.6 Å². The van der Waals surface area contributed by atoms with Crippen molar-refractivity contribution < 1.29 is 5.11 Å². The number of rotatable bonds is 2. The lowest BCUT2D eigenvalue weighted by atomic mass is 9.98. The Hall–Kier alpha value is -0.420. The molecule has 0 radical (unpaired) electrons. The van der Waals surface area contributed by atoms with E-state index in [2.05, 4.69) is 28.2 Å². The van der Waals surface area contributed by atoms with Crippen LogP contribution in [-0.2, 0) is 0 Å². The number of aliphatic hydroxyl groups excluding tert-OH is 1. The fourth-order valence-electron chi connectivity index (χ4n) is 2.80. The molecule has 16 heavy (non-hydrogen) atoms. The third-order valence-electron chi connectivity index (χ3n) is 3.78. The highest BCUT2D eigenvalue weighted by atomic mass is 32.1. The lowest BCUT2D eigenvalue weighted by molar-refractivity contribution is -0.0469. The molecule has 2 unspecified atom stereocenters. The second kappa shape index (κ2) is 4.11. The van der Waals surface area contributed by atoms with Gasteiger partial charge in [0.1, 0.15) is 0 Å². The average Bonchev–Trinajstić information content (AvgIpc) is 2.76. The van der Waals surface area contributed by atoms with Gasteiger partial charge >= 0.3 is 0 Å². The minimum absolute atomic E-state index is 0.302. The highest BCUT2D eigenvalue weighted by Crippen LogP contribution is 2.29. The summed E-state index contributed by atoms with van der Waals surface area (Å²) in [5.41, 5.74) is 1.10. The summed E-state index contributed by atoms with van der Waals surface area (Å²) in [5.74, 6) is 0. The largest absolute Gasteiger partial charge is 0.387 e. The first-order valence-corrected chi connectivity index (χ1v) is 6.81. The van der Waals surface area contributed by atoms with Gasteiger partial charge in [0.25, 0.3) is 0 Å². The molecule has 0 aromatic carbocycles. The smallest absolute Gasteiger partial charge is 0.0965 e. The van der Waals surface area contributed by atoms with Gasteiger partial charge in [-0.3, -0.25) is 9.80 Å². The second-order valence-corrected chi connectivity index (χ2v) is 5.95. The summed E-state index contributed by atoms with van der Waals surface area (Å²) in [6.45, 7) is 7.70. The number of fused-ring (bicyclic) bond motifs is 3. The zero-order valence-electron chi connectivity index (χ0n) is 9.59. The lowest BCUT2D eigenvalue weighted by Gasteiger charge is -2.49. The summed E-state index contributed by atoms with van der Waals surface area (Å²) in [6, 6.07) is 2.42. The van der Waals surface area contributed by atoms with Gasteiger partial charge in [0.15, 0.2) is 0 Å². The summed E-state index contributed by atoms with van der Waals surface area (Å²) in [6.07, 6.45) is -0.312. The Balaban J connectivity index is 1.77. The van der Waals surface area contributed by atoms with E-state index in [4.69, 9.17) is 0 Å². The highest BCUT2D eigenvalue weighted by molar-refractivity contribution is 7.10. The zero-order valence-corrected chi connectivity index (χ0v) is 10.4. The number of piperazine rings is 3. The highest BCUT2D eigenvalue weighted by Gasteiger charge is 2.36. The van der Waals surface area contributed by atoms with E-state index in [0.29, 0.717) is 6.04 Å². The predicted octanol–water partition coefficient (Wildman–Crippen LogP) is 1.09. The Bertz CT molecular complexity index is 371. The Morgan fingerprint density at radius 1 is 1.38 bits per heavy atom. The number of aliphatic hydroxyl groups is 1. The molecule has 2 bridgehead atoms. The normalized spacial score (nSPS) is 35.2. The standard InChI is InChI=1S/C12H18N2OS/c1-9-6-10(8-16-9)12(15)11-7-13-2-4-14(11)5-3-13/h6,8,11-12,15H,2-5,7H2,1H3. The van der Waals surface area contributed by atoms with E-state index in [9.17, 15) is 5.11 Å². The van der Waals surface area contributed by atoms with Crippen molar-refractivity contribution >= 4 is 11.3 Å². The summed E-state index contributed by atoms with van der Waals surface area (Å²) in [7, 11) is 0. The summed E-state index contributed by atoms with van der Waals surface area (Å²) >= 11 is 1.72. The van der Waals surface area contributed by atoms with E-state index in [0.717, 1.165) is 25.2 Å². The fourth-order valence-corrected chi connectivity index (χ4v) is 3.53. The lowest BCUT2D eigenvalue weighted by Crippen LogP contribution is -2.62. The van der Waals surface area contributed by atoms with E-state index in [1.54, 1.807) is 11.3 Å². The van der Waals surface area contributed by atoms with Crippen molar-refractivity contribution in [2.45, 2.75) is 19.1 Å². The van der Waals surface area contributed by atoms with Crippen LogP contribution >= 0.6 is 11.3 Å². The van der Waals surface area contributed by atoms with E-state index >= 15 is 0 Å². The SMILES string of the molecule is Cc1cc(C(O)C2CN3CCN2CC3)cs1. The van der Waals surface area contributed by atoms with Gasteiger partial charge in [-0.05, 0) is 23.9 Å². The van der Waals surface area contributed by atoms with Crippen LogP contribution in [0.5, 0.6) is 0 Å². The quantitative estimate of drug-likeness (QED) is 0.835. The average molecular weight is 238 g/mol. The molecular formula is C12H18N2OS. The number of nitrogens with zero attached hydrogens (tertiary/aromatic N) is 2. The molecule has 0 saturated carbocycles. The maximum atomic E-state index is 10.4. The maximum Gasteiger partial charge on any atom is 0.0965 e. The molecule has 1 N–H and O–H groups in total. The van der Waals surface area contributed by atoms with Gasteiger partial charge in [-0.2, -0.15) is 0 Å². The Morgan fingerprint density at radius 2 is 2.12 bits per heavy atom. The van der Waals surface area contributed by atoms with Crippen LogP contribution in [0.25, 0.3) is 0 Å². The predicted molar refractivity (Wildman–Crippen MR) is 65.8 cm³/mol. The molecule has 1 aromatic heterocycles. The first-order valence-electron chi connectivity index (χ1n) is 5.93. The van der Waals surface area contributed by atoms with E-state index in [1.807, 2.05) is 0 Å². The van der Waals surface area contributed by atoms with E-state index in [-0.39, 0.29) is 6.10 Å². The molecule has 4 heterocycles. The molecule has 0 amide bonds.